The molecule has 0 unspecified atom stereocenters. The monoisotopic (exact) mass is 599 g/mol. The van der Waals surface area contributed by atoms with Crippen molar-refractivity contribution in [3.05, 3.63) is 0 Å². The van der Waals surface area contributed by atoms with Crippen LogP contribution in [0.1, 0.15) is 53.4 Å². The van der Waals surface area contributed by atoms with E-state index in [4.69, 9.17) is 0 Å². The van der Waals surface area contributed by atoms with Gasteiger partial charge in [0.25, 0.3) is 0 Å². The topological polar surface area (TPSA) is 229 Å². The SMILES string of the molecule is CC(=O)CC(=O)[O-].CC(=O)CC(=O)[O-].CC(=O)CC(=O)[O-].CC(=O)CC(=O)[O-].[Pt+4]. The van der Waals surface area contributed by atoms with Crippen molar-refractivity contribution in [2.45, 2.75) is 53.4 Å². The molecule has 0 amide bonds. The average molecular weight is 599 g/mol. The molecule has 13 heteroatoms. The van der Waals surface area contributed by atoms with Crippen LogP contribution in [-0.2, 0) is 59.4 Å². The van der Waals surface area contributed by atoms with Gasteiger partial charge in [0.15, 0.2) is 0 Å². The van der Waals surface area contributed by atoms with Crippen LogP contribution in [0.5, 0.6) is 0 Å². The molecule has 0 heterocycles. The molecule has 0 bridgehead atoms. The Morgan fingerprint density at radius 3 is 0.517 bits per heavy atom. The molecule has 0 rings (SSSR count). The van der Waals surface area contributed by atoms with Crippen LogP contribution < -0.4 is 20.4 Å². The Hall–Kier alpha value is -2.75. The molecule has 0 saturated carbocycles. The number of Topliss-reactive ketones (excluding diaryl/α,β-unsaturated/α-hetero) is 4. The Kier molecular flexibility index (Phi) is 29.8. The number of hydrogen-bond acceptors (Lipinski definition) is 12. The standard InChI is InChI=1S/4C4H6O3.Pt/c4*1-3(5)2-4(6)7;/h4*2H2,1H3,(H,6,7);/q;;;;+4/p-4. The molecular weight excluding hydrogens is 579 g/mol. The molecule has 166 valence electrons. The van der Waals surface area contributed by atoms with E-state index in [1.807, 2.05) is 0 Å². The zero-order chi connectivity index (χ0) is 23.4. The first-order chi connectivity index (χ1) is 12.5. The number of carbonyl (C=O) groups excluding carboxylic acids is 8. The first-order valence-corrected chi connectivity index (χ1v) is 7.28. The maximum Gasteiger partial charge on any atom is 4.00 e. The molecular formula is C16H20O12Pt. The first-order valence-electron chi connectivity index (χ1n) is 7.28. The van der Waals surface area contributed by atoms with Crippen LogP contribution in [0, 0.1) is 0 Å². The van der Waals surface area contributed by atoms with Crippen molar-refractivity contribution >= 4 is 47.0 Å². The summed E-state index contributed by atoms with van der Waals surface area (Å²) in [6.07, 6.45) is -1.89. The molecule has 29 heavy (non-hydrogen) atoms. The van der Waals surface area contributed by atoms with E-state index in [1.54, 1.807) is 0 Å². The predicted molar refractivity (Wildman–Crippen MR) is 81.2 cm³/mol. The van der Waals surface area contributed by atoms with Gasteiger partial charge < -0.3 is 39.6 Å². The van der Waals surface area contributed by atoms with E-state index in [9.17, 15) is 58.8 Å². The summed E-state index contributed by atoms with van der Waals surface area (Å²) in [5.74, 6) is -6.75. The second-order valence-electron chi connectivity index (χ2n) is 5.00. The molecule has 0 spiro atoms. The van der Waals surface area contributed by atoms with Gasteiger partial charge in [-0.25, -0.2) is 0 Å². The van der Waals surface area contributed by atoms with Gasteiger partial charge in [-0.05, 0) is 27.7 Å². The predicted octanol–water partition coefficient (Wildman–Crippen LogP) is -5.14. The number of carbonyl (C=O) groups is 8. The summed E-state index contributed by atoms with van der Waals surface area (Å²) in [7, 11) is 0. The summed E-state index contributed by atoms with van der Waals surface area (Å²) in [5, 5.41) is 37.9. The molecule has 0 aliphatic carbocycles. The fourth-order valence-corrected chi connectivity index (χ4v) is 0.813. The van der Waals surface area contributed by atoms with E-state index in [0.717, 1.165) is 0 Å². The third-order valence-corrected chi connectivity index (χ3v) is 1.57. The number of carboxylic acids is 4. The van der Waals surface area contributed by atoms with Crippen molar-refractivity contribution in [1.82, 2.24) is 0 Å². The zero-order valence-electron chi connectivity index (χ0n) is 16.0. The number of rotatable bonds is 8. The third kappa shape index (κ3) is 77.7. The van der Waals surface area contributed by atoms with E-state index < -0.39 is 49.6 Å². The summed E-state index contributed by atoms with van der Waals surface area (Å²) in [5.41, 5.74) is 0. The second-order valence-corrected chi connectivity index (χ2v) is 5.00. The van der Waals surface area contributed by atoms with E-state index in [1.165, 1.54) is 27.7 Å². The van der Waals surface area contributed by atoms with Crippen LogP contribution in [0.2, 0.25) is 0 Å². The Morgan fingerprint density at radius 2 is 0.517 bits per heavy atom. The van der Waals surface area contributed by atoms with Crippen LogP contribution >= 0.6 is 0 Å². The average Bonchev–Trinajstić information content (AvgIpc) is 2.32. The van der Waals surface area contributed by atoms with Crippen molar-refractivity contribution in [2.24, 2.45) is 0 Å². The molecule has 0 aromatic carbocycles. The molecule has 0 saturated heterocycles. The maximum absolute atomic E-state index is 9.83. The minimum atomic E-state index is -1.31. The Balaban J connectivity index is -0.0000000873. The second kappa shape index (κ2) is 23.3. The largest absolute Gasteiger partial charge is 4.00 e. The number of aliphatic carboxylic acids is 4. The molecule has 0 aliphatic heterocycles. The fourth-order valence-electron chi connectivity index (χ4n) is 0.813. The van der Waals surface area contributed by atoms with Gasteiger partial charge in [-0.15, -0.1) is 0 Å². The van der Waals surface area contributed by atoms with E-state index >= 15 is 0 Å². The van der Waals surface area contributed by atoms with Gasteiger partial charge >= 0.3 is 21.1 Å². The van der Waals surface area contributed by atoms with Crippen LogP contribution in [0.3, 0.4) is 0 Å². The Bertz CT molecular complexity index is 443. The summed E-state index contributed by atoms with van der Waals surface area (Å²) in [6, 6.07) is 0. The van der Waals surface area contributed by atoms with Gasteiger partial charge in [0, 0.05) is 49.6 Å². The number of carboxylic acid groups (broad SMARTS) is 4. The molecule has 12 nitrogen and oxygen atoms in total. The summed E-state index contributed by atoms with van der Waals surface area (Å²) < 4.78 is 0. The molecule has 0 aliphatic rings. The van der Waals surface area contributed by atoms with Gasteiger partial charge in [0.2, 0.25) is 0 Å². The van der Waals surface area contributed by atoms with Crippen molar-refractivity contribution in [3.63, 3.8) is 0 Å². The van der Waals surface area contributed by atoms with Gasteiger partial charge in [-0.2, -0.15) is 0 Å². The molecule has 0 aromatic heterocycles. The van der Waals surface area contributed by atoms with Crippen molar-refractivity contribution in [3.8, 4) is 0 Å². The quantitative estimate of drug-likeness (QED) is 0.239. The zero-order valence-corrected chi connectivity index (χ0v) is 18.3. The molecule has 0 atom stereocenters. The van der Waals surface area contributed by atoms with Crippen molar-refractivity contribution in [2.75, 3.05) is 0 Å². The van der Waals surface area contributed by atoms with Crippen molar-refractivity contribution in [1.29, 1.82) is 0 Å². The van der Waals surface area contributed by atoms with Crippen LogP contribution in [0.4, 0.5) is 0 Å². The van der Waals surface area contributed by atoms with Crippen molar-refractivity contribution < 1.29 is 79.8 Å². The van der Waals surface area contributed by atoms with Gasteiger partial charge in [-0.3, -0.25) is 19.2 Å². The number of hydrogen-bond donors (Lipinski definition) is 0. The third-order valence-electron chi connectivity index (χ3n) is 1.57. The fraction of sp³-hybridized carbons (Fsp3) is 0.500. The number of ketones is 4. The summed E-state index contributed by atoms with van der Waals surface area (Å²) in [6.45, 7) is 4.82. The first kappa shape index (κ1) is 37.1. The minimum absolute atomic E-state index is 0. The minimum Gasteiger partial charge on any atom is -0.550 e. The van der Waals surface area contributed by atoms with Gasteiger partial charge in [0.1, 0.15) is 23.1 Å². The van der Waals surface area contributed by atoms with E-state index in [-0.39, 0.29) is 44.2 Å². The van der Waals surface area contributed by atoms with Crippen LogP contribution in [-0.4, -0.2) is 47.0 Å². The van der Waals surface area contributed by atoms with Gasteiger partial charge in [-0.1, -0.05) is 0 Å². The summed E-state index contributed by atoms with van der Waals surface area (Å²) >= 11 is 0. The molecule has 0 aromatic rings. The molecule has 0 fully saturated rings. The van der Waals surface area contributed by atoms with Gasteiger partial charge in [0.05, 0.1) is 0 Å². The van der Waals surface area contributed by atoms with E-state index in [2.05, 4.69) is 0 Å². The van der Waals surface area contributed by atoms with Crippen LogP contribution in [0.25, 0.3) is 0 Å². The molecule has 0 radical (unpaired) electrons. The van der Waals surface area contributed by atoms with E-state index in [0.29, 0.717) is 0 Å². The Morgan fingerprint density at radius 1 is 0.414 bits per heavy atom. The maximum atomic E-state index is 9.83. The Labute approximate surface area is 180 Å². The molecule has 0 N–H and O–H groups in total. The summed E-state index contributed by atoms with van der Waals surface area (Å²) in [4.78, 5) is 77.2. The van der Waals surface area contributed by atoms with Crippen LogP contribution in [0.15, 0.2) is 0 Å². The smallest absolute Gasteiger partial charge is 0.550 e. The normalized spacial score (nSPS) is 7.86.